The van der Waals surface area contributed by atoms with Crippen molar-refractivity contribution < 1.29 is 15.0 Å². The van der Waals surface area contributed by atoms with Gasteiger partial charge in [-0.25, -0.2) is 0 Å². The van der Waals surface area contributed by atoms with E-state index in [-0.39, 0.29) is 11.9 Å². The summed E-state index contributed by atoms with van der Waals surface area (Å²) in [7, 11) is 0. The summed E-state index contributed by atoms with van der Waals surface area (Å²) >= 11 is 0. The molecule has 3 N–H and O–H groups in total. The Balaban J connectivity index is 2.99. The van der Waals surface area contributed by atoms with Crippen LogP contribution in [0.5, 0.6) is 0 Å². The number of amides is 1. The van der Waals surface area contributed by atoms with Gasteiger partial charge in [0.25, 0.3) is 0 Å². The van der Waals surface area contributed by atoms with E-state index in [1.54, 1.807) is 36.5 Å². The van der Waals surface area contributed by atoms with Crippen LogP contribution in [0.25, 0.3) is 0 Å². The SMILES string of the molecule is CCC/C=C/C=C/C[C@@H]1C/C=C/C=C(C)\C=C/C=C\[C@@H](O)[C@@H](O)/C=C(C)/C=C/C=C/C(=O)N1. The lowest BCUT2D eigenvalue weighted by atomic mass is 10.1. The number of hydrogen-bond acceptors (Lipinski definition) is 3. The predicted octanol–water partition coefficient (Wildman–Crippen LogP) is 5.57. The van der Waals surface area contributed by atoms with E-state index >= 15 is 0 Å². The van der Waals surface area contributed by atoms with E-state index in [1.807, 2.05) is 44.2 Å². The van der Waals surface area contributed by atoms with E-state index in [4.69, 9.17) is 0 Å². The number of carbonyl (C=O) groups is 1. The van der Waals surface area contributed by atoms with Gasteiger partial charge in [-0.15, -0.1) is 0 Å². The second-order valence-electron chi connectivity index (χ2n) is 8.01. The van der Waals surface area contributed by atoms with Crippen LogP contribution >= 0.6 is 0 Å². The monoisotopic (exact) mass is 449 g/mol. The summed E-state index contributed by atoms with van der Waals surface area (Å²) in [5.41, 5.74) is 1.83. The fourth-order valence-electron chi connectivity index (χ4n) is 2.92. The zero-order valence-corrected chi connectivity index (χ0v) is 20.1. The van der Waals surface area contributed by atoms with E-state index in [2.05, 4.69) is 36.5 Å². The smallest absolute Gasteiger partial charge is 0.244 e. The third kappa shape index (κ3) is 14.7. The van der Waals surface area contributed by atoms with Gasteiger partial charge in [-0.1, -0.05) is 116 Å². The van der Waals surface area contributed by atoms with Crippen LogP contribution in [-0.2, 0) is 4.79 Å². The normalized spacial score (nSPS) is 31.7. The summed E-state index contributed by atoms with van der Waals surface area (Å²) in [6.45, 7) is 5.96. The maximum absolute atomic E-state index is 12.4. The molecule has 4 heteroatoms. The minimum Gasteiger partial charge on any atom is -0.386 e. The molecule has 0 saturated carbocycles. The third-order valence-corrected chi connectivity index (χ3v) is 4.80. The maximum atomic E-state index is 12.4. The molecule has 0 aromatic rings. The van der Waals surface area contributed by atoms with Gasteiger partial charge in [-0.3, -0.25) is 4.79 Å². The first kappa shape index (κ1) is 28.1. The van der Waals surface area contributed by atoms with E-state index in [1.165, 1.54) is 6.08 Å². The second kappa shape index (κ2) is 17.6. The summed E-state index contributed by atoms with van der Waals surface area (Å²) in [6, 6.07) is -0.00533. The Bertz CT molecular complexity index is 850. The van der Waals surface area contributed by atoms with Gasteiger partial charge < -0.3 is 15.5 Å². The molecule has 1 heterocycles. The molecule has 1 aliphatic rings. The molecule has 0 saturated heterocycles. The minimum atomic E-state index is -1.01. The molecule has 0 aromatic carbocycles. The summed E-state index contributed by atoms with van der Waals surface area (Å²) in [4.78, 5) is 12.4. The van der Waals surface area contributed by atoms with E-state index in [0.29, 0.717) is 0 Å². The highest BCUT2D eigenvalue weighted by molar-refractivity contribution is 5.88. The van der Waals surface area contributed by atoms with E-state index in [9.17, 15) is 15.0 Å². The molecule has 33 heavy (non-hydrogen) atoms. The number of hydrogen-bond donors (Lipinski definition) is 3. The molecule has 0 aromatic heterocycles. The Morgan fingerprint density at radius 1 is 0.939 bits per heavy atom. The first-order chi connectivity index (χ1) is 15.9. The number of allylic oxidation sites excluding steroid dienone is 13. The molecule has 0 spiro atoms. The molecule has 3 atom stereocenters. The van der Waals surface area contributed by atoms with Crippen LogP contribution in [0.3, 0.4) is 0 Å². The Morgan fingerprint density at radius 2 is 1.64 bits per heavy atom. The first-order valence-electron chi connectivity index (χ1n) is 11.6. The van der Waals surface area contributed by atoms with Gasteiger partial charge >= 0.3 is 0 Å². The van der Waals surface area contributed by atoms with E-state index < -0.39 is 12.2 Å². The molecule has 0 bridgehead atoms. The highest BCUT2D eigenvalue weighted by Gasteiger charge is 2.09. The average Bonchev–Trinajstić information content (AvgIpc) is 2.78. The topological polar surface area (TPSA) is 69.6 Å². The van der Waals surface area contributed by atoms with Gasteiger partial charge in [0, 0.05) is 12.1 Å². The lowest BCUT2D eigenvalue weighted by Gasteiger charge is -2.14. The Hall–Kier alpha value is -2.95. The summed E-state index contributed by atoms with van der Waals surface area (Å²) in [6.07, 6.45) is 31.3. The highest BCUT2D eigenvalue weighted by Crippen LogP contribution is 2.06. The van der Waals surface area contributed by atoms with Crippen molar-refractivity contribution in [2.45, 2.75) is 64.7 Å². The molecule has 1 rings (SSSR count). The van der Waals surface area contributed by atoms with Crippen molar-refractivity contribution in [2.75, 3.05) is 0 Å². The van der Waals surface area contributed by atoms with Crippen LogP contribution in [0, 0.1) is 0 Å². The van der Waals surface area contributed by atoms with Gasteiger partial charge in [0.15, 0.2) is 0 Å². The molecule has 0 unspecified atom stereocenters. The van der Waals surface area contributed by atoms with Crippen molar-refractivity contribution in [3.8, 4) is 0 Å². The Morgan fingerprint density at radius 3 is 2.42 bits per heavy atom. The fourth-order valence-corrected chi connectivity index (χ4v) is 2.92. The molecular formula is C29H39NO3. The predicted molar refractivity (Wildman–Crippen MR) is 140 cm³/mol. The van der Waals surface area contributed by atoms with Crippen molar-refractivity contribution in [3.05, 3.63) is 108 Å². The summed E-state index contributed by atoms with van der Waals surface area (Å²) in [5.74, 6) is -0.153. The van der Waals surface area contributed by atoms with Gasteiger partial charge in [-0.2, -0.15) is 0 Å². The molecule has 0 radical (unpaired) electrons. The van der Waals surface area contributed by atoms with Gasteiger partial charge in [0.1, 0.15) is 12.2 Å². The van der Waals surface area contributed by atoms with Crippen LogP contribution in [0.2, 0.25) is 0 Å². The number of aliphatic hydroxyl groups is 2. The fraction of sp³-hybridized carbons (Fsp3) is 0.345. The number of nitrogens with one attached hydrogen (secondary N) is 1. The lowest BCUT2D eigenvalue weighted by molar-refractivity contribution is -0.117. The molecule has 0 fully saturated rings. The lowest BCUT2D eigenvalue weighted by Crippen LogP contribution is -2.32. The molecule has 0 aliphatic carbocycles. The van der Waals surface area contributed by atoms with Crippen LogP contribution in [-0.4, -0.2) is 34.4 Å². The van der Waals surface area contributed by atoms with Crippen molar-refractivity contribution >= 4 is 5.91 Å². The second-order valence-corrected chi connectivity index (χ2v) is 8.01. The highest BCUT2D eigenvalue weighted by atomic mass is 16.3. The van der Waals surface area contributed by atoms with Gasteiger partial charge in [0.05, 0.1) is 0 Å². The van der Waals surface area contributed by atoms with Gasteiger partial charge in [0.2, 0.25) is 5.91 Å². The van der Waals surface area contributed by atoms with Crippen LogP contribution in [0.1, 0.15) is 46.5 Å². The van der Waals surface area contributed by atoms with E-state index in [0.717, 1.165) is 36.8 Å². The van der Waals surface area contributed by atoms with Crippen molar-refractivity contribution in [1.82, 2.24) is 5.32 Å². The number of unbranched alkanes of at least 4 members (excludes halogenated alkanes) is 1. The van der Waals surface area contributed by atoms with Gasteiger partial charge in [-0.05, 0) is 33.1 Å². The molecule has 4 nitrogen and oxygen atoms in total. The molecule has 1 aliphatic heterocycles. The summed E-state index contributed by atoms with van der Waals surface area (Å²) in [5, 5.41) is 23.2. The van der Waals surface area contributed by atoms with Crippen molar-refractivity contribution in [1.29, 1.82) is 0 Å². The van der Waals surface area contributed by atoms with Crippen LogP contribution in [0.15, 0.2) is 108 Å². The Labute approximate surface area is 199 Å². The first-order valence-corrected chi connectivity index (χ1v) is 11.6. The third-order valence-electron chi connectivity index (χ3n) is 4.80. The molecule has 178 valence electrons. The Kier molecular flexibility index (Phi) is 15.0. The zero-order chi connectivity index (χ0) is 24.3. The average molecular weight is 450 g/mol. The number of carbonyl (C=O) groups excluding carboxylic acids is 1. The largest absolute Gasteiger partial charge is 0.386 e. The van der Waals surface area contributed by atoms with Crippen LogP contribution < -0.4 is 5.32 Å². The molecule has 1 amide bonds. The summed E-state index contributed by atoms with van der Waals surface area (Å²) < 4.78 is 0. The van der Waals surface area contributed by atoms with Crippen molar-refractivity contribution in [3.63, 3.8) is 0 Å². The maximum Gasteiger partial charge on any atom is 0.244 e. The zero-order valence-electron chi connectivity index (χ0n) is 20.1. The quantitative estimate of drug-likeness (QED) is 0.480. The minimum absolute atomic E-state index is 0.00533. The molecular weight excluding hydrogens is 410 g/mol. The number of aliphatic hydroxyl groups excluding tert-OH is 2. The van der Waals surface area contributed by atoms with Crippen molar-refractivity contribution in [2.24, 2.45) is 0 Å². The number of rotatable bonds is 5. The van der Waals surface area contributed by atoms with Crippen LogP contribution in [0.4, 0.5) is 0 Å². The standard InChI is InChI=1S/C29H39NO3/c1-4-5-6-7-8-9-19-26-20-13-10-16-24(2)17-11-14-21-27(31)28(32)23-25(3)18-12-15-22-29(33)30-26/h6-18,21-23,26-28,31-32H,4-5,19-20H2,1-3H3,(H,30,33)/b7-6+,9-8+,13-10+,17-11-,18-12+,21-14-,22-15+,24-16-,25-23+/t26-,27-,28+/m1/s1.